The number of rotatable bonds is 10. The van der Waals surface area contributed by atoms with Crippen molar-refractivity contribution < 1.29 is 4.79 Å². The quantitative estimate of drug-likeness (QED) is 0.216. The zero-order valence-corrected chi connectivity index (χ0v) is 19.3. The Morgan fingerprint density at radius 3 is 2.66 bits per heavy atom. The van der Waals surface area contributed by atoms with Crippen LogP contribution >= 0.6 is 0 Å². The van der Waals surface area contributed by atoms with E-state index < -0.39 is 0 Å². The van der Waals surface area contributed by atoms with Crippen molar-refractivity contribution in [1.82, 2.24) is 15.0 Å². The zero-order chi connectivity index (χ0) is 22.9. The standard InChI is InChI=1S/C26H31N5O/c1-5-25(18-27-6-2)31(13-8-14-32)30-20(4)19(3)22-9-7-10-23(15-22)26-28-16-24(17-29-26)21-11-12-21/h5,7-10,13-19,21H,6,11-12H2,1-4H3/b13-8-,25-5+,27-18?,30-20+. The first-order valence-electron chi connectivity index (χ1n) is 11.1. The molecule has 1 unspecified atom stereocenters. The van der Waals surface area contributed by atoms with Crippen LogP contribution in [0.15, 0.2) is 70.8 Å². The van der Waals surface area contributed by atoms with Crippen LogP contribution in [0.5, 0.6) is 0 Å². The summed E-state index contributed by atoms with van der Waals surface area (Å²) in [5.74, 6) is 1.45. The van der Waals surface area contributed by atoms with Crippen LogP contribution in [-0.4, -0.2) is 39.7 Å². The van der Waals surface area contributed by atoms with E-state index >= 15 is 0 Å². The van der Waals surface area contributed by atoms with Gasteiger partial charge in [0.05, 0.1) is 5.70 Å². The molecule has 2 aromatic rings. The molecule has 3 rings (SSSR count). The molecule has 1 aromatic carbocycles. The average molecular weight is 430 g/mol. The maximum atomic E-state index is 10.9. The second-order valence-corrected chi connectivity index (χ2v) is 7.87. The Morgan fingerprint density at radius 1 is 1.28 bits per heavy atom. The molecule has 6 nitrogen and oxygen atoms in total. The number of hydrogen-bond acceptors (Lipinski definition) is 6. The van der Waals surface area contributed by atoms with Gasteiger partial charge in [-0.2, -0.15) is 5.10 Å². The van der Waals surface area contributed by atoms with Crippen molar-refractivity contribution in [2.75, 3.05) is 6.54 Å². The van der Waals surface area contributed by atoms with E-state index in [0.29, 0.717) is 12.5 Å². The van der Waals surface area contributed by atoms with Gasteiger partial charge in [0, 0.05) is 48.5 Å². The van der Waals surface area contributed by atoms with Crippen molar-refractivity contribution in [3.05, 3.63) is 71.8 Å². The number of allylic oxidation sites excluding steroid dienone is 3. The number of carbonyl (C=O) groups is 1. The maximum Gasteiger partial charge on any atom is 0.159 e. The Morgan fingerprint density at radius 2 is 2.03 bits per heavy atom. The highest BCUT2D eigenvalue weighted by molar-refractivity contribution is 5.89. The molecule has 166 valence electrons. The predicted octanol–water partition coefficient (Wildman–Crippen LogP) is 5.51. The molecule has 1 aliphatic carbocycles. The smallest absolute Gasteiger partial charge is 0.159 e. The number of hydrogen-bond donors (Lipinski definition) is 0. The second kappa shape index (κ2) is 11.3. The highest BCUT2D eigenvalue weighted by Gasteiger charge is 2.24. The highest BCUT2D eigenvalue weighted by atomic mass is 16.1. The molecule has 1 atom stereocenters. The number of aldehydes is 1. The largest absolute Gasteiger partial charge is 0.299 e. The normalized spacial score (nSPS) is 16.0. The average Bonchev–Trinajstić information content (AvgIpc) is 3.68. The third-order valence-corrected chi connectivity index (χ3v) is 5.53. The first kappa shape index (κ1) is 23.3. The van der Waals surface area contributed by atoms with Gasteiger partial charge in [-0.15, -0.1) is 0 Å². The molecule has 0 spiro atoms. The number of hydrazone groups is 1. The van der Waals surface area contributed by atoms with Crippen molar-refractivity contribution in [3.63, 3.8) is 0 Å². The van der Waals surface area contributed by atoms with Gasteiger partial charge >= 0.3 is 0 Å². The van der Waals surface area contributed by atoms with Gasteiger partial charge in [-0.1, -0.05) is 31.2 Å². The van der Waals surface area contributed by atoms with Crippen LogP contribution < -0.4 is 0 Å². The molecule has 1 aromatic heterocycles. The minimum Gasteiger partial charge on any atom is -0.299 e. The molecule has 1 aliphatic rings. The number of nitrogens with zero attached hydrogens (tertiary/aromatic N) is 5. The summed E-state index contributed by atoms with van der Waals surface area (Å²) in [4.78, 5) is 24.4. The number of aromatic nitrogens is 2. The van der Waals surface area contributed by atoms with Crippen molar-refractivity contribution in [2.45, 2.75) is 52.4 Å². The van der Waals surface area contributed by atoms with Crippen molar-refractivity contribution >= 4 is 18.2 Å². The Bertz CT molecular complexity index is 1030. The van der Waals surface area contributed by atoms with Crippen molar-refractivity contribution in [1.29, 1.82) is 0 Å². The summed E-state index contributed by atoms with van der Waals surface area (Å²) in [6.45, 7) is 8.68. The van der Waals surface area contributed by atoms with Gasteiger partial charge in [0.25, 0.3) is 0 Å². The Labute approximate surface area is 190 Å². The molecule has 1 heterocycles. The van der Waals surface area contributed by atoms with E-state index in [0.717, 1.165) is 34.6 Å². The fraction of sp³-hybridized carbons (Fsp3) is 0.346. The van der Waals surface area contributed by atoms with Crippen molar-refractivity contribution in [2.24, 2.45) is 10.1 Å². The van der Waals surface area contributed by atoms with E-state index in [1.165, 1.54) is 24.5 Å². The van der Waals surface area contributed by atoms with E-state index in [4.69, 9.17) is 5.10 Å². The number of aliphatic imine (C=N–C) groups is 1. The van der Waals surface area contributed by atoms with Gasteiger partial charge in [0.1, 0.15) is 6.29 Å². The Hall–Kier alpha value is -3.41. The molecule has 0 radical (unpaired) electrons. The summed E-state index contributed by atoms with van der Waals surface area (Å²) in [7, 11) is 0. The molecule has 1 saturated carbocycles. The maximum absolute atomic E-state index is 10.9. The summed E-state index contributed by atoms with van der Waals surface area (Å²) in [6.07, 6.45) is 13.9. The van der Waals surface area contributed by atoms with Gasteiger partial charge in [0.15, 0.2) is 5.82 Å². The first-order valence-corrected chi connectivity index (χ1v) is 11.1. The minimum absolute atomic E-state index is 0.0639. The molecule has 0 bridgehead atoms. The molecule has 0 N–H and O–H groups in total. The molecule has 0 amide bonds. The van der Waals surface area contributed by atoms with Gasteiger partial charge in [-0.3, -0.25) is 9.79 Å². The Balaban J connectivity index is 1.84. The molecule has 0 aliphatic heterocycles. The third kappa shape index (κ3) is 6.06. The van der Waals surface area contributed by atoms with E-state index in [9.17, 15) is 4.79 Å². The lowest BCUT2D eigenvalue weighted by Crippen LogP contribution is -2.16. The summed E-state index contributed by atoms with van der Waals surface area (Å²) in [5.41, 5.74) is 5.06. The van der Waals surface area contributed by atoms with E-state index in [1.54, 1.807) is 17.4 Å². The monoisotopic (exact) mass is 429 g/mol. The topological polar surface area (TPSA) is 70.8 Å². The van der Waals surface area contributed by atoms with Crippen LogP contribution in [0.3, 0.4) is 0 Å². The molecular weight excluding hydrogens is 398 g/mol. The lowest BCUT2D eigenvalue weighted by molar-refractivity contribution is -0.104. The fourth-order valence-electron chi connectivity index (χ4n) is 3.30. The van der Waals surface area contributed by atoms with Crippen molar-refractivity contribution in [3.8, 4) is 11.4 Å². The van der Waals surface area contributed by atoms with Crippen LogP contribution in [0.4, 0.5) is 0 Å². The van der Waals surface area contributed by atoms with E-state index in [1.807, 2.05) is 51.4 Å². The Kier molecular flexibility index (Phi) is 8.20. The van der Waals surface area contributed by atoms with E-state index in [2.05, 4.69) is 34.0 Å². The van der Waals surface area contributed by atoms with Crippen LogP contribution in [0.25, 0.3) is 11.4 Å². The summed E-state index contributed by atoms with van der Waals surface area (Å²) in [6, 6.07) is 8.28. The molecule has 0 saturated heterocycles. The molecular formula is C26H31N5O. The highest BCUT2D eigenvalue weighted by Crippen LogP contribution is 2.39. The zero-order valence-electron chi connectivity index (χ0n) is 19.3. The third-order valence-electron chi connectivity index (χ3n) is 5.53. The summed E-state index contributed by atoms with van der Waals surface area (Å²) in [5, 5.41) is 6.45. The number of carbonyl (C=O) groups excluding carboxylic acids is 1. The fourth-order valence-corrected chi connectivity index (χ4v) is 3.30. The summed E-state index contributed by atoms with van der Waals surface area (Å²) >= 11 is 0. The van der Waals surface area contributed by atoms with Crippen LogP contribution in [0.2, 0.25) is 0 Å². The molecule has 6 heteroatoms. The van der Waals surface area contributed by atoms with Crippen LogP contribution in [-0.2, 0) is 4.79 Å². The second-order valence-electron chi connectivity index (χ2n) is 7.87. The van der Waals surface area contributed by atoms with Crippen LogP contribution in [0.1, 0.15) is 63.5 Å². The molecule has 32 heavy (non-hydrogen) atoms. The minimum atomic E-state index is 0.0639. The SMILES string of the molecule is C/C=C(\C=NCC)N(/C=C\C=O)/N=C(\C)C(C)c1cccc(-c2ncc(C3CC3)cn2)c1. The lowest BCUT2D eigenvalue weighted by Gasteiger charge is -2.19. The van der Waals surface area contributed by atoms with E-state index in [-0.39, 0.29) is 5.92 Å². The summed E-state index contributed by atoms with van der Waals surface area (Å²) < 4.78 is 0. The van der Waals surface area contributed by atoms with Gasteiger partial charge in [0.2, 0.25) is 0 Å². The number of benzene rings is 1. The predicted molar refractivity (Wildman–Crippen MR) is 131 cm³/mol. The van der Waals surface area contributed by atoms with Gasteiger partial charge in [-0.25, -0.2) is 15.0 Å². The first-order chi connectivity index (χ1) is 15.6. The van der Waals surface area contributed by atoms with Gasteiger partial charge in [-0.05, 0) is 62.8 Å². The van der Waals surface area contributed by atoms with Gasteiger partial charge < -0.3 is 0 Å². The molecule has 1 fully saturated rings. The van der Waals surface area contributed by atoms with Crippen LogP contribution in [0, 0.1) is 0 Å². The lowest BCUT2D eigenvalue weighted by atomic mass is 9.95.